The first kappa shape index (κ1) is 24.7. The number of benzene rings is 2. The summed E-state index contributed by atoms with van der Waals surface area (Å²) >= 11 is 0. The molecule has 0 atom stereocenters. The van der Waals surface area contributed by atoms with Gasteiger partial charge in [0.25, 0.3) is 0 Å². The van der Waals surface area contributed by atoms with E-state index in [-0.39, 0.29) is 6.10 Å². The fourth-order valence-corrected chi connectivity index (χ4v) is 4.91. The molecule has 8 heteroatoms. The van der Waals surface area contributed by atoms with E-state index < -0.39 is 6.09 Å². The van der Waals surface area contributed by atoms with Gasteiger partial charge in [0.15, 0.2) is 0 Å². The largest absolute Gasteiger partial charge is 0.493 e. The van der Waals surface area contributed by atoms with Gasteiger partial charge in [0.05, 0.1) is 29.6 Å². The fraction of sp³-hybridized carbons (Fsp3) is 0.379. The number of ether oxygens (including phenoxy) is 2. The summed E-state index contributed by atoms with van der Waals surface area (Å²) in [4.78, 5) is 16.4. The van der Waals surface area contributed by atoms with Crippen LogP contribution in [0.15, 0.2) is 54.9 Å². The number of anilines is 2. The Morgan fingerprint density at radius 1 is 1.19 bits per heavy atom. The quantitative estimate of drug-likeness (QED) is 0.276. The number of hydrogen-bond acceptors (Lipinski definition) is 5. The number of nitrogens with one attached hydrogen (secondary N) is 1. The highest BCUT2D eigenvalue weighted by Gasteiger charge is 2.27. The third-order valence-electron chi connectivity index (χ3n) is 6.94. The van der Waals surface area contributed by atoms with Crippen LogP contribution < -0.4 is 15.8 Å². The van der Waals surface area contributed by atoms with E-state index in [1.807, 2.05) is 56.6 Å². The molecule has 0 unspecified atom stereocenters. The van der Waals surface area contributed by atoms with Gasteiger partial charge in [-0.3, -0.25) is 5.32 Å². The number of carbonyl (C=O) groups excluding carboxylic acids is 1. The first-order valence-electron chi connectivity index (χ1n) is 13.1. The van der Waals surface area contributed by atoms with Crippen molar-refractivity contribution in [3.63, 3.8) is 0 Å². The van der Waals surface area contributed by atoms with Crippen LogP contribution in [-0.2, 0) is 17.7 Å². The van der Waals surface area contributed by atoms with E-state index in [9.17, 15) is 4.79 Å². The normalized spacial score (nSPS) is 13.6. The van der Waals surface area contributed by atoms with Crippen molar-refractivity contribution in [2.24, 2.45) is 0 Å². The van der Waals surface area contributed by atoms with Crippen molar-refractivity contribution in [1.29, 1.82) is 0 Å². The van der Waals surface area contributed by atoms with Crippen molar-refractivity contribution in [3.8, 4) is 17.0 Å². The van der Waals surface area contributed by atoms with Crippen LogP contribution in [0, 0.1) is 0 Å². The fourth-order valence-electron chi connectivity index (χ4n) is 4.91. The van der Waals surface area contributed by atoms with Crippen LogP contribution in [0.4, 0.5) is 16.2 Å². The van der Waals surface area contributed by atoms with Crippen LogP contribution in [0.3, 0.4) is 0 Å². The lowest BCUT2D eigenvalue weighted by Gasteiger charge is -2.30. The average Bonchev–Trinajstić information content (AvgIpc) is 3.40. The molecule has 1 saturated carbocycles. The first-order chi connectivity index (χ1) is 17.9. The highest BCUT2D eigenvalue weighted by molar-refractivity contribution is 6.01. The second-order valence-electron chi connectivity index (χ2n) is 9.78. The van der Waals surface area contributed by atoms with Crippen LogP contribution in [0.2, 0.25) is 0 Å². The lowest BCUT2D eigenvalue weighted by molar-refractivity contribution is 0.130. The zero-order valence-electron chi connectivity index (χ0n) is 21.7. The molecular weight excluding hydrogens is 466 g/mol. The maximum absolute atomic E-state index is 12.0. The summed E-state index contributed by atoms with van der Waals surface area (Å²) in [5.74, 6) is 1.86. The number of rotatable bonds is 9. The zero-order chi connectivity index (χ0) is 25.9. The van der Waals surface area contributed by atoms with E-state index >= 15 is 0 Å². The second kappa shape index (κ2) is 10.6. The molecule has 0 bridgehead atoms. The summed E-state index contributed by atoms with van der Waals surface area (Å²) in [5, 5.41) is 3.80. The molecular formula is C29H35N5O3. The Balaban J connectivity index is 1.41. The Bertz CT molecular complexity index is 1380. The van der Waals surface area contributed by atoms with E-state index in [0.717, 1.165) is 65.2 Å². The van der Waals surface area contributed by atoms with E-state index in [2.05, 4.69) is 38.5 Å². The number of imidazole rings is 1. The molecule has 0 aliphatic heterocycles. The van der Waals surface area contributed by atoms with Crippen LogP contribution >= 0.6 is 0 Å². The molecule has 2 aromatic heterocycles. The number of nitrogens with two attached hydrogens (primary N) is 1. The Morgan fingerprint density at radius 2 is 1.97 bits per heavy atom. The monoisotopic (exact) mass is 501 g/mol. The highest BCUT2D eigenvalue weighted by Crippen LogP contribution is 2.45. The van der Waals surface area contributed by atoms with Gasteiger partial charge in [-0.2, -0.15) is 0 Å². The number of aromatic nitrogens is 3. The molecule has 194 valence electrons. The van der Waals surface area contributed by atoms with Crippen molar-refractivity contribution in [2.75, 3.05) is 17.7 Å². The van der Waals surface area contributed by atoms with Crippen molar-refractivity contribution in [3.05, 3.63) is 60.7 Å². The summed E-state index contributed by atoms with van der Waals surface area (Å²) in [7, 11) is 0. The molecule has 0 radical (unpaired) electrons. The van der Waals surface area contributed by atoms with E-state index in [1.165, 1.54) is 6.42 Å². The van der Waals surface area contributed by atoms with Crippen LogP contribution in [-0.4, -0.2) is 32.9 Å². The molecule has 1 aliphatic carbocycles. The maximum Gasteiger partial charge on any atom is 0.411 e. The van der Waals surface area contributed by atoms with Crippen LogP contribution in [0.1, 0.15) is 51.9 Å². The average molecular weight is 502 g/mol. The number of fused-ring (bicyclic) bond motifs is 1. The second-order valence-corrected chi connectivity index (χ2v) is 9.78. The molecule has 1 aliphatic rings. The van der Waals surface area contributed by atoms with Crippen LogP contribution in [0.25, 0.3) is 22.2 Å². The van der Waals surface area contributed by atoms with Gasteiger partial charge >= 0.3 is 6.09 Å². The molecule has 1 fully saturated rings. The van der Waals surface area contributed by atoms with Crippen molar-refractivity contribution in [2.45, 2.75) is 65.1 Å². The standard InChI is InChI=1S/C29H35N5O3/c1-4-33-16-15-31-26(33)14-17-36-23-12-13-24-25(18-23)34(22-6-5-7-22)28(27(24)30)20-8-10-21(11-9-20)32-29(35)37-19(2)3/h8-13,15-16,18-19,22H,4-7,14,17,30H2,1-3H3,(H,32,35). The van der Waals surface area contributed by atoms with Gasteiger partial charge in [-0.1, -0.05) is 12.1 Å². The molecule has 4 aromatic rings. The van der Waals surface area contributed by atoms with Gasteiger partial charge in [-0.25, -0.2) is 9.78 Å². The Labute approximate surface area is 217 Å². The first-order valence-corrected chi connectivity index (χ1v) is 13.1. The molecule has 1 amide bonds. The van der Waals surface area contributed by atoms with Crippen molar-refractivity contribution in [1.82, 2.24) is 14.1 Å². The molecule has 2 aromatic carbocycles. The summed E-state index contributed by atoms with van der Waals surface area (Å²) in [6.07, 6.45) is 7.41. The summed E-state index contributed by atoms with van der Waals surface area (Å²) in [6.45, 7) is 7.22. The van der Waals surface area contributed by atoms with Crippen molar-refractivity contribution >= 4 is 28.4 Å². The third-order valence-corrected chi connectivity index (χ3v) is 6.94. The lowest BCUT2D eigenvalue weighted by Crippen LogP contribution is -2.18. The highest BCUT2D eigenvalue weighted by atomic mass is 16.6. The zero-order valence-corrected chi connectivity index (χ0v) is 21.7. The molecule has 2 heterocycles. The van der Waals surface area contributed by atoms with Gasteiger partial charge in [0, 0.05) is 54.1 Å². The number of nitrogens with zero attached hydrogens (tertiary/aromatic N) is 3. The third kappa shape index (κ3) is 5.14. The lowest BCUT2D eigenvalue weighted by atomic mass is 9.92. The summed E-state index contributed by atoms with van der Waals surface area (Å²) in [5.41, 5.74) is 11.3. The van der Waals surface area contributed by atoms with E-state index in [4.69, 9.17) is 15.2 Å². The van der Waals surface area contributed by atoms with Gasteiger partial charge < -0.3 is 24.3 Å². The van der Waals surface area contributed by atoms with Gasteiger partial charge in [-0.05, 0) is 64.3 Å². The number of carbonyl (C=O) groups is 1. The van der Waals surface area contributed by atoms with Crippen molar-refractivity contribution < 1.29 is 14.3 Å². The predicted molar refractivity (Wildman–Crippen MR) is 147 cm³/mol. The molecule has 0 saturated heterocycles. The number of nitrogen functional groups attached to an aromatic ring is 1. The van der Waals surface area contributed by atoms with E-state index in [1.54, 1.807) is 0 Å². The molecule has 5 rings (SSSR count). The Hall–Kier alpha value is -3.94. The minimum atomic E-state index is -0.461. The smallest absolute Gasteiger partial charge is 0.411 e. The van der Waals surface area contributed by atoms with Gasteiger partial charge in [0.1, 0.15) is 11.6 Å². The topological polar surface area (TPSA) is 96.3 Å². The van der Waals surface area contributed by atoms with Crippen LogP contribution in [0.5, 0.6) is 5.75 Å². The SMILES string of the molecule is CCn1ccnc1CCOc1ccc2c(N)c(-c3ccc(NC(=O)OC(C)C)cc3)n(C3CCC3)c2c1. The number of hydrogen-bond donors (Lipinski definition) is 2. The minimum absolute atomic E-state index is 0.175. The predicted octanol–water partition coefficient (Wildman–Crippen LogP) is 6.41. The number of amides is 1. The summed E-state index contributed by atoms with van der Waals surface area (Å²) < 4.78 is 15.8. The maximum atomic E-state index is 12.0. The molecule has 37 heavy (non-hydrogen) atoms. The number of aryl methyl sites for hydroxylation is 1. The van der Waals surface area contributed by atoms with Gasteiger partial charge in [-0.15, -0.1) is 0 Å². The molecule has 8 nitrogen and oxygen atoms in total. The summed E-state index contributed by atoms with van der Waals surface area (Å²) in [6, 6.07) is 14.3. The Kier molecular flexibility index (Phi) is 7.08. The molecule has 0 spiro atoms. The minimum Gasteiger partial charge on any atom is -0.493 e. The van der Waals surface area contributed by atoms with Gasteiger partial charge in [0.2, 0.25) is 0 Å². The Morgan fingerprint density at radius 3 is 2.65 bits per heavy atom. The van der Waals surface area contributed by atoms with E-state index in [0.29, 0.717) is 18.3 Å². The molecule has 3 N–H and O–H groups in total.